The van der Waals surface area contributed by atoms with Gasteiger partial charge in [0.05, 0.1) is 0 Å². The van der Waals surface area contributed by atoms with Crippen LogP contribution in [0.25, 0.3) is 0 Å². The molecule has 1 aliphatic rings. The van der Waals surface area contributed by atoms with Crippen molar-refractivity contribution in [1.82, 2.24) is 0 Å². The number of anilines is 1. The highest BCUT2D eigenvalue weighted by molar-refractivity contribution is 7.98. The number of nitrogens with zero attached hydrogens (tertiary/aromatic N) is 1. The lowest BCUT2D eigenvalue weighted by atomic mass is 10.1. The summed E-state index contributed by atoms with van der Waals surface area (Å²) < 4.78 is 0. The second-order valence-electron chi connectivity index (χ2n) is 5.05. The molecule has 3 heteroatoms. The largest absolute Gasteiger partial charge is 0.371 e. The normalized spacial score (nSPS) is 14.8. The Morgan fingerprint density at radius 1 is 1.39 bits per heavy atom. The summed E-state index contributed by atoms with van der Waals surface area (Å²) in [6, 6.07) is 6.58. The highest BCUT2D eigenvalue weighted by Gasteiger charge is 2.25. The Bertz CT molecular complexity index is 388. The third kappa shape index (κ3) is 3.21. The van der Waals surface area contributed by atoms with E-state index in [0.29, 0.717) is 6.54 Å². The van der Waals surface area contributed by atoms with E-state index >= 15 is 0 Å². The summed E-state index contributed by atoms with van der Waals surface area (Å²) in [5.41, 5.74) is 8.65. The summed E-state index contributed by atoms with van der Waals surface area (Å²) >= 11 is 1.80. The van der Waals surface area contributed by atoms with Gasteiger partial charge in [-0.2, -0.15) is 0 Å². The van der Waals surface area contributed by atoms with E-state index in [9.17, 15) is 0 Å². The molecule has 2 rings (SSSR count). The van der Waals surface area contributed by atoms with E-state index in [1.165, 1.54) is 42.0 Å². The highest BCUT2D eigenvalue weighted by Crippen LogP contribution is 2.34. The Labute approximate surface area is 115 Å². The van der Waals surface area contributed by atoms with E-state index in [0.717, 1.165) is 12.5 Å². The van der Waals surface area contributed by atoms with Crippen molar-refractivity contribution in [2.45, 2.75) is 37.6 Å². The van der Waals surface area contributed by atoms with Crippen LogP contribution in [0.4, 0.5) is 5.69 Å². The average Bonchev–Trinajstić information content (AvgIpc) is 3.21. The van der Waals surface area contributed by atoms with Crippen LogP contribution in [-0.2, 0) is 6.54 Å². The molecule has 1 saturated carbocycles. The summed E-state index contributed by atoms with van der Waals surface area (Å²) in [5, 5.41) is 0. The monoisotopic (exact) mass is 264 g/mol. The third-order valence-corrected chi connectivity index (χ3v) is 4.36. The first-order valence-electron chi connectivity index (χ1n) is 6.91. The van der Waals surface area contributed by atoms with E-state index in [-0.39, 0.29) is 0 Å². The van der Waals surface area contributed by atoms with Crippen molar-refractivity contribution in [1.29, 1.82) is 0 Å². The van der Waals surface area contributed by atoms with Crippen LogP contribution >= 0.6 is 11.8 Å². The van der Waals surface area contributed by atoms with Crippen LogP contribution in [0.15, 0.2) is 23.1 Å². The van der Waals surface area contributed by atoms with Crippen LogP contribution in [0.3, 0.4) is 0 Å². The molecule has 1 fully saturated rings. The zero-order valence-corrected chi connectivity index (χ0v) is 12.3. The first-order valence-corrected chi connectivity index (χ1v) is 8.13. The number of hydrogen-bond donors (Lipinski definition) is 1. The van der Waals surface area contributed by atoms with Crippen molar-refractivity contribution in [3.05, 3.63) is 23.8 Å². The second kappa shape index (κ2) is 6.48. The van der Waals surface area contributed by atoms with E-state index in [4.69, 9.17) is 5.73 Å². The summed E-state index contributed by atoms with van der Waals surface area (Å²) in [4.78, 5) is 3.87. The lowest BCUT2D eigenvalue weighted by Gasteiger charge is -2.27. The van der Waals surface area contributed by atoms with Crippen molar-refractivity contribution in [2.24, 2.45) is 11.7 Å². The molecule has 2 nitrogen and oxygen atoms in total. The lowest BCUT2D eigenvalue weighted by molar-refractivity contribution is 0.703. The van der Waals surface area contributed by atoms with Gasteiger partial charge in [0.1, 0.15) is 0 Å². The van der Waals surface area contributed by atoms with Crippen LogP contribution in [0, 0.1) is 5.92 Å². The third-order valence-electron chi connectivity index (χ3n) is 3.54. The smallest absolute Gasteiger partial charge is 0.0423 e. The number of rotatable bonds is 7. The molecule has 0 heterocycles. The SMILES string of the molecule is CCCN(CC1CC1)c1cccc(SC)c1CN. The van der Waals surface area contributed by atoms with Gasteiger partial charge in [-0.1, -0.05) is 13.0 Å². The molecule has 0 radical (unpaired) electrons. The molecule has 100 valence electrons. The molecule has 0 spiro atoms. The average molecular weight is 264 g/mol. The minimum atomic E-state index is 0.636. The molecule has 1 aromatic rings. The van der Waals surface area contributed by atoms with Crippen LogP contribution < -0.4 is 10.6 Å². The zero-order chi connectivity index (χ0) is 13.0. The molecule has 1 aliphatic carbocycles. The maximum Gasteiger partial charge on any atom is 0.0423 e. The molecule has 0 bridgehead atoms. The Morgan fingerprint density at radius 3 is 2.72 bits per heavy atom. The first-order chi connectivity index (χ1) is 8.80. The van der Waals surface area contributed by atoms with E-state index < -0.39 is 0 Å². The standard InChI is InChI=1S/C15H24N2S/c1-3-9-17(11-12-7-8-12)14-5-4-6-15(18-2)13(14)10-16/h4-6,12H,3,7-11,16H2,1-2H3. The van der Waals surface area contributed by atoms with Crippen molar-refractivity contribution in [3.8, 4) is 0 Å². The van der Waals surface area contributed by atoms with Gasteiger partial charge >= 0.3 is 0 Å². The van der Waals surface area contributed by atoms with Crippen molar-refractivity contribution in [2.75, 3.05) is 24.2 Å². The molecule has 0 amide bonds. The molecule has 0 aromatic heterocycles. The molecule has 0 aliphatic heterocycles. The topological polar surface area (TPSA) is 29.3 Å². The Balaban J connectivity index is 2.26. The molecule has 2 N–H and O–H groups in total. The first kappa shape index (κ1) is 13.8. The maximum absolute atomic E-state index is 5.97. The van der Waals surface area contributed by atoms with Gasteiger partial charge in [0.15, 0.2) is 0 Å². The maximum atomic E-state index is 5.97. The fraction of sp³-hybridized carbons (Fsp3) is 0.600. The zero-order valence-electron chi connectivity index (χ0n) is 11.5. The predicted octanol–water partition coefficient (Wildman–Crippen LogP) is 3.49. The molecule has 0 atom stereocenters. The quantitative estimate of drug-likeness (QED) is 0.764. The molecular weight excluding hydrogens is 240 g/mol. The van der Waals surface area contributed by atoms with Gasteiger partial charge in [-0.15, -0.1) is 11.8 Å². The van der Waals surface area contributed by atoms with E-state index in [1.54, 1.807) is 11.8 Å². The second-order valence-corrected chi connectivity index (χ2v) is 5.90. The van der Waals surface area contributed by atoms with Crippen molar-refractivity contribution < 1.29 is 0 Å². The van der Waals surface area contributed by atoms with Gasteiger partial charge in [0.2, 0.25) is 0 Å². The van der Waals surface area contributed by atoms with Gasteiger partial charge in [-0.25, -0.2) is 0 Å². The van der Waals surface area contributed by atoms with Crippen LogP contribution in [0.1, 0.15) is 31.7 Å². The molecule has 18 heavy (non-hydrogen) atoms. The van der Waals surface area contributed by atoms with Gasteiger partial charge in [-0.05, 0) is 43.6 Å². The van der Waals surface area contributed by atoms with Crippen LogP contribution in [0.5, 0.6) is 0 Å². The molecular formula is C15H24N2S. The molecule has 1 aromatic carbocycles. The summed E-state index contributed by atoms with van der Waals surface area (Å²) in [5.74, 6) is 0.917. The summed E-state index contributed by atoms with van der Waals surface area (Å²) in [6.07, 6.45) is 6.13. The lowest BCUT2D eigenvalue weighted by Crippen LogP contribution is -2.28. The van der Waals surface area contributed by atoms with Gasteiger partial charge in [0, 0.05) is 35.8 Å². The Morgan fingerprint density at radius 2 is 2.17 bits per heavy atom. The Hall–Kier alpha value is -0.670. The van der Waals surface area contributed by atoms with Crippen LogP contribution in [0.2, 0.25) is 0 Å². The van der Waals surface area contributed by atoms with Gasteiger partial charge in [-0.3, -0.25) is 0 Å². The number of hydrogen-bond acceptors (Lipinski definition) is 3. The Kier molecular flexibility index (Phi) is 4.95. The highest BCUT2D eigenvalue weighted by atomic mass is 32.2. The fourth-order valence-corrected chi connectivity index (χ4v) is 3.09. The fourth-order valence-electron chi connectivity index (χ4n) is 2.44. The number of thioether (sulfide) groups is 1. The molecule has 0 unspecified atom stereocenters. The van der Waals surface area contributed by atoms with Gasteiger partial charge < -0.3 is 10.6 Å². The van der Waals surface area contributed by atoms with Crippen LogP contribution in [-0.4, -0.2) is 19.3 Å². The minimum absolute atomic E-state index is 0.636. The van der Waals surface area contributed by atoms with Gasteiger partial charge in [0.25, 0.3) is 0 Å². The summed E-state index contributed by atoms with van der Waals surface area (Å²) in [7, 11) is 0. The minimum Gasteiger partial charge on any atom is -0.371 e. The number of benzene rings is 1. The molecule has 0 saturated heterocycles. The van der Waals surface area contributed by atoms with Crippen molar-refractivity contribution in [3.63, 3.8) is 0 Å². The van der Waals surface area contributed by atoms with E-state index in [1.807, 2.05) is 0 Å². The van der Waals surface area contributed by atoms with E-state index in [2.05, 4.69) is 36.3 Å². The van der Waals surface area contributed by atoms with Crippen molar-refractivity contribution >= 4 is 17.4 Å². The summed E-state index contributed by atoms with van der Waals surface area (Å²) in [6.45, 7) is 5.23. The number of nitrogens with two attached hydrogens (primary N) is 1. The predicted molar refractivity (Wildman–Crippen MR) is 81.3 cm³/mol.